The highest BCUT2D eigenvalue weighted by Crippen LogP contribution is 2.26. The Balaban J connectivity index is 1.89. The van der Waals surface area contributed by atoms with E-state index in [2.05, 4.69) is 4.90 Å². The second-order valence-electron chi connectivity index (χ2n) is 5.50. The highest BCUT2D eigenvalue weighted by atomic mass is 16.5. The number of methoxy groups -OCH3 is 1. The van der Waals surface area contributed by atoms with E-state index in [1.807, 2.05) is 0 Å². The molecule has 0 bridgehead atoms. The molecule has 0 amide bonds. The van der Waals surface area contributed by atoms with Gasteiger partial charge in [-0.25, -0.2) is 0 Å². The van der Waals surface area contributed by atoms with Gasteiger partial charge in [-0.2, -0.15) is 0 Å². The van der Waals surface area contributed by atoms with Crippen molar-refractivity contribution in [3.05, 3.63) is 0 Å². The number of ether oxygens (including phenoxy) is 1. The fourth-order valence-corrected chi connectivity index (χ4v) is 3.32. The van der Waals surface area contributed by atoms with E-state index < -0.39 is 0 Å². The number of likely N-dealkylation sites (tertiary alicyclic amines) is 1. The molecule has 17 heavy (non-hydrogen) atoms. The molecule has 3 heteroatoms. The van der Waals surface area contributed by atoms with Gasteiger partial charge in [0.15, 0.2) is 0 Å². The molecule has 98 valence electrons. The third-order valence-electron chi connectivity index (χ3n) is 4.33. The lowest BCUT2D eigenvalue weighted by molar-refractivity contribution is -0.147. The summed E-state index contributed by atoms with van der Waals surface area (Å²) in [6, 6.07) is 0.727. The molecule has 1 saturated heterocycles. The zero-order chi connectivity index (χ0) is 12.1. The largest absolute Gasteiger partial charge is 0.469 e. The third-order valence-corrected chi connectivity index (χ3v) is 4.33. The van der Waals surface area contributed by atoms with Crippen LogP contribution < -0.4 is 0 Å². The molecule has 0 radical (unpaired) electrons. The van der Waals surface area contributed by atoms with Gasteiger partial charge in [0.1, 0.15) is 0 Å². The molecule has 1 aliphatic carbocycles. The maximum atomic E-state index is 11.6. The number of hydrogen-bond acceptors (Lipinski definition) is 3. The minimum Gasteiger partial charge on any atom is -0.469 e. The number of hydrogen-bond donors (Lipinski definition) is 0. The first-order valence-electron chi connectivity index (χ1n) is 7.13. The van der Waals surface area contributed by atoms with Crippen molar-refractivity contribution < 1.29 is 9.53 Å². The maximum absolute atomic E-state index is 11.6. The van der Waals surface area contributed by atoms with E-state index in [9.17, 15) is 4.79 Å². The van der Waals surface area contributed by atoms with E-state index in [-0.39, 0.29) is 11.9 Å². The molecule has 0 aromatic carbocycles. The Bertz CT molecular complexity index is 247. The van der Waals surface area contributed by atoms with Gasteiger partial charge in [-0.05, 0) is 32.2 Å². The molecule has 3 nitrogen and oxygen atoms in total. The van der Waals surface area contributed by atoms with Crippen LogP contribution in [0.3, 0.4) is 0 Å². The van der Waals surface area contributed by atoms with Crippen molar-refractivity contribution in [2.75, 3.05) is 20.2 Å². The first kappa shape index (κ1) is 12.9. The van der Waals surface area contributed by atoms with Crippen LogP contribution in [0.25, 0.3) is 0 Å². The van der Waals surface area contributed by atoms with E-state index in [1.165, 1.54) is 52.2 Å². The minimum absolute atomic E-state index is 0.0108. The molecule has 0 N–H and O–H groups in total. The van der Waals surface area contributed by atoms with Crippen molar-refractivity contribution in [1.29, 1.82) is 0 Å². The van der Waals surface area contributed by atoms with Gasteiger partial charge in [-0.15, -0.1) is 0 Å². The van der Waals surface area contributed by atoms with Gasteiger partial charge in [-0.1, -0.05) is 25.7 Å². The third kappa shape index (κ3) is 3.44. The molecule has 1 aliphatic heterocycles. The van der Waals surface area contributed by atoms with Crippen LogP contribution in [0.4, 0.5) is 0 Å². The summed E-state index contributed by atoms with van der Waals surface area (Å²) in [5.41, 5.74) is 0. The molecule has 1 unspecified atom stereocenters. The molecule has 1 heterocycles. The number of piperidine rings is 1. The minimum atomic E-state index is -0.0108. The summed E-state index contributed by atoms with van der Waals surface area (Å²) in [5.74, 6) is 0.111. The number of esters is 1. The molecule has 2 fully saturated rings. The summed E-state index contributed by atoms with van der Waals surface area (Å²) in [6.45, 7) is 2.11. The van der Waals surface area contributed by atoms with Gasteiger partial charge < -0.3 is 4.74 Å². The number of carbonyl (C=O) groups excluding carboxylic acids is 1. The Morgan fingerprint density at radius 3 is 2.41 bits per heavy atom. The van der Waals surface area contributed by atoms with Crippen LogP contribution in [0.5, 0.6) is 0 Å². The van der Waals surface area contributed by atoms with Crippen molar-refractivity contribution in [2.45, 2.75) is 57.4 Å². The monoisotopic (exact) mass is 239 g/mol. The molecule has 1 saturated carbocycles. The van der Waals surface area contributed by atoms with Crippen molar-refractivity contribution >= 4 is 5.97 Å². The van der Waals surface area contributed by atoms with E-state index in [1.54, 1.807) is 0 Å². The van der Waals surface area contributed by atoms with Gasteiger partial charge in [-0.3, -0.25) is 9.69 Å². The van der Waals surface area contributed by atoms with Crippen molar-refractivity contribution in [1.82, 2.24) is 4.90 Å². The standard InChI is InChI=1S/C14H25NO2/c1-17-14(16)12-7-6-10-15(11-12)13-8-4-2-3-5-9-13/h12-13H,2-11H2,1H3. The van der Waals surface area contributed by atoms with E-state index >= 15 is 0 Å². The second kappa shape index (κ2) is 6.39. The van der Waals surface area contributed by atoms with Crippen LogP contribution in [-0.2, 0) is 9.53 Å². The Hall–Kier alpha value is -0.570. The van der Waals surface area contributed by atoms with Crippen LogP contribution in [0.15, 0.2) is 0 Å². The van der Waals surface area contributed by atoms with Crippen molar-refractivity contribution in [3.8, 4) is 0 Å². The lowest BCUT2D eigenvalue weighted by atomic mass is 9.95. The van der Waals surface area contributed by atoms with E-state index in [0.29, 0.717) is 0 Å². The zero-order valence-corrected chi connectivity index (χ0v) is 11.0. The predicted octanol–water partition coefficient (Wildman–Crippen LogP) is 2.59. The topological polar surface area (TPSA) is 29.5 Å². The quantitative estimate of drug-likeness (QED) is 0.548. The van der Waals surface area contributed by atoms with Gasteiger partial charge >= 0.3 is 5.97 Å². The fraction of sp³-hybridized carbons (Fsp3) is 0.929. The smallest absolute Gasteiger partial charge is 0.309 e. The lowest BCUT2D eigenvalue weighted by Gasteiger charge is -2.37. The first-order valence-corrected chi connectivity index (χ1v) is 7.13. The predicted molar refractivity (Wildman–Crippen MR) is 67.8 cm³/mol. The van der Waals surface area contributed by atoms with Gasteiger partial charge in [0.25, 0.3) is 0 Å². The highest BCUT2D eigenvalue weighted by molar-refractivity contribution is 5.72. The Kier molecular flexibility index (Phi) is 4.84. The van der Waals surface area contributed by atoms with Crippen LogP contribution in [0.2, 0.25) is 0 Å². The second-order valence-corrected chi connectivity index (χ2v) is 5.50. The first-order chi connectivity index (χ1) is 8.31. The maximum Gasteiger partial charge on any atom is 0.309 e. The summed E-state index contributed by atoms with van der Waals surface area (Å²) in [5, 5.41) is 0. The van der Waals surface area contributed by atoms with Crippen LogP contribution in [0.1, 0.15) is 51.4 Å². The summed E-state index contributed by atoms with van der Waals surface area (Å²) in [7, 11) is 1.51. The average molecular weight is 239 g/mol. The molecule has 1 atom stereocenters. The average Bonchev–Trinajstić information content (AvgIpc) is 2.67. The zero-order valence-electron chi connectivity index (χ0n) is 11.0. The molecule has 2 rings (SSSR count). The van der Waals surface area contributed by atoms with E-state index in [0.717, 1.165) is 25.4 Å². The van der Waals surface area contributed by atoms with E-state index in [4.69, 9.17) is 4.74 Å². The molecule has 0 aromatic rings. The van der Waals surface area contributed by atoms with Crippen molar-refractivity contribution in [3.63, 3.8) is 0 Å². The van der Waals surface area contributed by atoms with Crippen molar-refractivity contribution in [2.24, 2.45) is 5.92 Å². The summed E-state index contributed by atoms with van der Waals surface area (Å²) in [4.78, 5) is 14.2. The van der Waals surface area contributed by atoms with Gasteiger partial charge in [0.2, 0.25) is 0 Å². The van der Waals surface area contributed by atoms with Crippen LogP contribution in [0, 0.1) is 5.92 Å². The Morgan fingerprint density at radius 2 is 1.76 bits per heavy atom. The van der Waals surface area contributed by atoms with Gasteiger partial charge in [0, 0.05) is 12.6 Å². The van der Waals surface area contributed by atoms with Crippen LogP contribution in [-0.4, -0.2) is 37.1 Å². The number of rotatable bonds is 2. The van der Waals surface area contributed by atoms with Gasteiger partial charge in [0.05, 0.1) is 13.0 Å². The molecular weight excluding hydrogens is 214 g/mol. The normalized spacial score (nSPS) is 28.6. The number of nitrogens with zero attached hydrogens (tertiary/aromatic N) is 1. The van der Waals surface area contributed by atoms with Crippen LogP contribution >= 0.6 is 0 Å². The lowest BCUT2D eigenvalue weighted by Crippen LogP contribution is -2.44. The Morgan fingerprint density at radius 1 is 1.06 bits per heavy atom. The summed E-state index contributed by atoms with van der Waals surface area (Å²) >= 11 is 0. The highest BCUT2D eigenvalue weighted by Gasteiger charge is 2.30. The SMILES string of the molecule is COC(=O)C1CCCN(C2CCCCCC2)C1. The molecule has 0 aromatic heterocycles. The Labute approximate surface area is 105 Å². The molecule has 2 aliphatic rings. The summed E-state index contributed by atoms with van der Waals surface area (Å²) < 4.78 is 4.88. The number of carbonyl (C=O) groups is 1. The fourth-order valence-electron chi connectivity index (χ4n) is 3.32. The molecule has 0 spiro atoms. The molecular formula is C14H25NO2. The summed E-state index contributed by atoms with van der Waals surface area (Å²) in [6.07, 6.45) is 10.3.